The highest BCUT2D eigenvalue weighted by atomic mass is 32.1. The molecule has 0 aliphatic rings. The van der Waals surface area contributed by atoms with E-state index in [0.29, 0.717) is 16.8 Å². The second-order valence-corrected chi connectivity index (χ2v) is 15.0. The SMILES string of the molecule is COc1ccc(C(=O)Nc2ccc(-c3nc4ccc(C)cc4s3)c(C)c2)cc1.Cc1cc(NC(=O)c2ccc(O)cc2)ccc1-c1nc2ccc(O)cc2s1. The predicted octanol–water partition coefficient (Wildman–Crippen LogP) is 10.8. The molecule has 0 unspecified atom stereocenters. The number of methoxy groups -OCH3 is 1. The van der Waals surface area contributed by atoms with E-state index in [-0.39, 0.29) is 23.3 Å². The van der Waals surface area contributed by atoms with Gasteiger partial charge in [0.2, 0.25) is 0 Å². The highest BCUT2D eigenvalue weighted by Gasteiger charge is 2.14. The third kappa shape index (κ3) is 8.49. The molecular formula is C44H36N4O5S2. The molecule has 0 saturated carbocycles. The van der Waals surface area contributed by atoms with Crippen molar-refractivity contribution in [2.75, 3.05) is 17.7 Å². The number of ether oxygens (including phenoxy) is 1. The van der Waals surface area contributed by atoms with Crippen molar-refractivity contribution in [3.63, 3.8) is 0 Å². The maximum atomic E-state index is 12.5. The molecule has 2 heterocycles. The number of benzene rings is 6. The Hall–Kier alpha value is -6.56. The number of aromatic nitrogens is 2. The van der Waals surface area contributed by atoms with Crippen LogP contribution in [-0.2, 0) is 0 Å². The van der Waals surface area contributed by atoms with Gasteiger partial charge in [-0.05, 0) is 153 Å². The Morgan fingerprint density at radius 2 is 1.04 bits per heavy atom. The number of hydrogen-bond acceptors (Lipinski definition) is 9. The molecule has 4 N–H and O–H groups in total. The number of rotatable bonds is 7. The molecule has 8 aromatic rings. The number of fused-ring (bicyclic) bond motifs is 2. The molecule has 0 aliphatic carbocycles. The Morgan fingerprint density at radius 1 is 0.564 bits per heavy atom. The molecule has 0 atom stereocenters. The van der Waals surface area contributed by atoms with Crippen molar-refractivity contribution in [2.45, 2.75) is 20.8 Å². The van der Waals surface area contributed by atoms with Gasteiger partial charge in [0.1, 0.15) is 27.3 Å². The van der Waals surface area contributed by atoms with Gasteiger partial charge in [-0.25, -0.2) is 9.97 Å². The van der Waals surface area contributed by atoms with Crippen molar-refractivity contribution in [3.8, 4) is 38.4 Å². The molecule has 0 radical (unpaired) electrons. The molecule has 55 heavy (non-hydrogen) atoms. The number of carbonyl (C=O) groups excluding carboxylic acids is 2. The highest BCUT2D eigenvalue weighted by Crippen LogP contribution is 2.35. The van der Waals surface area contributed by atoms with Gasteiger partial charge in [0.15, 0.2) is 0 Å². The van der Waals surface area contributed by atoms with Gasteiger partial charge in [0.05, 0.1) is 27.5 Å². The van der Waals surface area contributed by atoms with E-state index < -0.39 is 0 Å². The maximum absolute atomic E-state index is 12.5. The first kappa shape index (κ1) is 36.8. The Labute approximate surface area is 325 Å². The Morgan fingerprint density at radius 3 is 1.55 bits per heavy atom. The van der Waals surface area contributed by atoms with Crippen LogP contribution >= 0.6 is 22.7 Å². The van der Waals surface area contributed by atoms with Crippen molar-refractivity contribution < 1.29 is 24.5 Å². The average molecular weight is 765 g/mol. The Kier molecular flexibility index (Phi) is 10.6. The van der Waals surface area contributed by atoms with Crippen LogP contribution in [0, 0.1) is 20.8 Å². The summed E-state index contributed by atoms with van der Waals surface area (Å²) >= 11 is 3.20. The second-order valence-electron chi connectivity index (χ2n) is 12.9. The molecular weight excluding hydrogens is 729 g/mol. The minimum Gasteiger partial charge on any atom is -0.508 e. The van der Waals surface area contributed by atoms with E-state index in [9.17, 15) is 19.8 Å². The number of aromatic hydroxyl groups is 2. The molecule has 0 spiro atoms. The molecule has 9 nitrogen and oxygen atoms in total. The van der Waals surface area contributed by atoms with E-state index >= 15 is 0 Å². The van der Waals surface area contributed by atoms with Crippen LogP contribution in [0.2, 0.25) is 0 Å². The highest BCUT2D eigenvalue weighted by molar-refractivity contribution is 7.22. The van der Waals surface area contributed by atoms with Gasteiger partial charge in [-0.3, -0.25) is 9.59 Å². The zero-order valence-corrected chi connectivity index (χ0v) is 32.0. The standard InChI is InChI=1S/C23H20N2O2S.C21H16N2O3S/c1-14-4-11-20-21(12-14)28-23(25-20)19-10-7-17(13-15(19)2)24-22(26)16-5-8-18(27-3)9-6-16;1-12-10-14(22-20(26)13-2-5-15(24)6-3-13)4-8-17(12)21-23-18-9-7-16(25)11-19(18)27-21/h4-13H,1-3H3,(H,24,26);2-11,24-25H,1H3,(H,22,26). The van der Waals surface area contributed by atoms with Gasteiger partial charge in [-0.15, -0.1) is 22.7 Å². The third-order valence-corrected chi connectivity index (χ3v) is 10.9. The van der Waals surface area contributed by atoms with Crippen LogP contribution in [-0.4, -0.2) is 39.1 Å². The van der Waals surface area contributed by atoms with Crippen molar-refractivity contribution in [2.24, 2.45) is 0 Å². The summed E-state index contributed by atoms with van der Waals surface area (Å²) in [5.74, 6) is 0.684. The number of phenolic OH excluding ortho intramolecular Hbond substituents is 2. The summed E-state index contributed by atoms with van der Waals surface area (Å²) in [5.41, 5.74) is 9.73. The van der Waals surface area contributed by atoms with Crippen molar-refractivity contribution in [3.05, 3.63) is 149 Å². The molecule has 274 valence electrons. The lowest BCUT2D eigenvalue weighted by molar-refractivity contribution is 0.101. The number of phenols is 2. The van der Waals surface area contributed by atoms with Crippen LogP contribution in [0.1, 0.15) is 37.4 Å². The average Bonchev–Trinajstić information content (AvgIpc) is 3.79. The number of hydrogen-bond donors (Lipinski definition) is 4. The largest absolute Gasteiger partial charge is 0.508 e. The van der Waals surface area contributed by atoms with Gasteiger partial charge in [-0.2, -0.15) is 0 Å². The summed E-state index contributed by atoms with van der Waals surface area (Å²) < 4.78 is 7.24. The number of anilines is 2. The van der Waals surface area contributed by atoms with Gasteiger partial charge in [0.25, 0.3) is 11.8 Å². The summed E-state index contributed by atoms with van der Waals surface area (Å²) in [7, 11) is 1.60. The molecule has 0 aliphatic heterocycles. The van der Waals surface area contributed by atoms with Crippen LogP contribution in [0.4, 0.5) is 11.4 Å². The fourth-order valence-corrected chi connectivity index (χ4v) is 8.14. The second kappa shape index (κ2) is 15.8. The summed E-state index contributed by atoms with van der Waals surface area (Å²) in [6, 6.07) is 36.2. The Balaban J connectivity index is 0.000000169. The van der Waals surface area contributed by atoms with Crippen molar-refractivity contribution in [1.29, 1.82) is 0 Å². The minimum absolute atomic E-state index is 0.121. The van der Waals surface area contributed by atoms with Gasteiger partial charge in [0, 0.05) is 33.6 Å². The molecule has 11 heteroatoms. The third-order valence-electron chi connectivity index (χ3n) is 8.83. The van der Waals surface area contributed by atoms with E-state index in [2.05, 4.69) is 40.7 Å². The fraction of sp³-hybridized carbons (Fsp3) is 0.0909. The number of amides is 2. The molecule has 8 rings (SSSR count). The first-order chi connectivity index (χ1) is 26.5. The zero-order chi connectivity index (χ0) is 38.6. The quantitative estimate of drug-likeness (QED) is 0.127. The molecule has 6 aromatic carbocycles. The van der Waals surface area contributed by atoms with Gasteiger partial charge < -0.3 is 25.6 Å². The van der Waals surface area contributed by atoms with Gasteiger partial charge in [-0.1, -0.05) is 6.07 Å². The smallest absolute Gasteiger partial charge is 0.255 e. The number of aryl methyl sites for hydroxylation is 3. The number of carbonyl (C=O) groups is 2. The number of thiazole rings is 2. The summed E-state index contributed by atoms with van der Waals surface area (Å²) in [6.45, 7) is 6.09. The first-order valence-electron chi connectivity index (χ1n) is 17.3. The van der Waals surface area contributed by atoms with E-state index in [4.69, 9.17) is 9.72 Å². The van der Waals surface area contributed by atoms with Crippen molar-refractivity contribution in [1.82, 2.24) is 9.97 Å². The molecule has 0 bridgehead atoms. The monoisotopic (exact) mass is 764 g/mol. The van der Waals surface area contributed by atoms with Crippen LogP contribution < -0.4 is 15.4 Å². The lowest BCUT2D eigenvalue weighted by Crippen LogP contribution is -2.11. The molecule has 0 fully saturated rings. The predicted molar refractivity (Wildman–Crippen MR) is 223 cm³/mol. The lowest BCUT2D eigenvalue weighted by Gasteiger charge is -2.09. The van der Waals surface area contributed by atoms with E-state index in [1.807, 2.05) is 50.2 Å². The molecule has 2 amide bonds. The van der Waals surface area contributed by atoms with E-state index in [1.54, 1.807) is 73.0 Å². The summed E-state index contributed by atoms with van der Waals surface area (Å²) in [5, 5.41) is 26.6. The normalized spacial score (nSPS) is 10.8. The van der Waals surface area contributed by atoms with Crippen LogP contribution in [0.25, 0.3) is 41.6 Å². The van der Waals surface area contributed by atoms with E-state index in [1.165, 1.54) is 33.7 Å². The maximum Gasteiger partial charge on any atom is 0.255 e. The fourth-order valence-electron chi connectivity index (χ4n) is 5.90. The Bertz CT molecular complexity index is 2690. The topological polar surface area (TPSA) is 134 Å². The van der Waals surface area contributed by atoms with E-state index in [0.717, 1.165) is 59.4 Å². The summed E-state index contributed by atoms with van der Waals surface area (Å²) in [4.78, 5) is 34.2. The lowest BCUT2D eigenvalue weighted by atomic mass is 10.1. The zero-order valence-electron chi connectivity index (χ0n) is 30.4. The molecule has 0 saturated heterocycles. The molecule has 2 aromatic heterocycles. The number of nitrogens with one attached hydrogen (secondary N) is 2. The number of nitrogens with zero attached hydrogens (tertiary/aromatic N) is 2. The minimum atomic E-state index is -0.238. The van der Waals surface area contributed by atoms with Crippen molar-refractivity contribution >= 4 is 66.3 Å². The van der Waals surface area contributed by atoms with Gasteiger partial charge >= 0.3 is 0 Å². The van der Waals surface area contributed by atoms with Crippen LogP contribution in [0.3, 0.4) is 0 Å². The van der Waals surface area contributed by atoms with Crippen LogP contribution in [0.5, 0.6) is 17.2 Å². The summed E-state index contributed by atoms with van der Waals surface area (Å²) in [6.07, 6.45) is 0. The first-order valence-corrected chi connectivity index (χ1v) is 18.9. The van der Waals surface area contributed by atoms with Crippen LogP contribution in [0.15, 0.2) is 121 Å².